The third-order valence-corrected chi connectivity index (χ3v) is 4.50. The van der Waals surface area contributed by atoms with E-state index < -0.39 is 5.92 Å². The molecule has 100 valence electrons. The van der Waals surface area contributed by atoms with Crippen LogP contribution in [0.2, 0.25) is 0 Å². The Morgan fingerprint density at radius 1 is 1.53 bits per heavy atom. The summed E-state index contributed by atoms with van der Waals surface area (Å²) in [7, 11) is 0. The summed E-state index contributed by atoms with van der Waals surface area (Å²) < 4.78 is 1.85. The maximum absolute atomic E-state index is 12.2. The molecule has 1 fully saturated rings. The van der Waals surface area contributed by atoms with Crippen molar-refractivity contribution in [2.45, 2.75) is 51.0 Å². The standard InChI is InChI=1S/C14H18N4O/c1-9(2)18-12-11(8-16-18)14(5-3-4-6-14)10(7-15)13(19)17-12/h8-10H,3-6H2,1-2H3,(H,17,19). The number of anilines is 1. The lowest BCUT2D eigenvalue weighted by Crippen LogP contribution is -2.44. The number of hydrogen-bond donors (Lipinski definition) is 1. The predicted octanol–water partition coefficient (Wildman–Crippen LogP) is 2.37. The monoisotopic (exact) mass is 258 g/mol. The number of nitriles is 1. The molecule has 5 nitrogen and oxygen atoms in total. The zero-order valence-corrected chi connectivity index (χ0v) is 11.3. The van der Waals surface area contributed by atoms with E-state index in [2.05, 4.69) is 16.5 Å². The maximum Gasteiger partial charge on any atom is 0.243 e. The number of nitrogens with zero attached hydrogens (tertiary/aromatic N) is 3. The highest BCUT2D eigenvalue weighted by Gasteiger charge is 2.52. The third kappa shape index (κ3) is 1.52. The first kappa shape index (κ1) is 12.2. The van der Waals surface area contributed by atoms with Gasteiger partial charge in [-0.25, -0.2) is 4.68 Å². The molecule has 1 N–H and O–H groups in total. The molecule has 3 rings (SSSR count). The summed E-state index contributed by atoms with van der Waals surface area (Å²) in [6.07, 6.45) is 5.84. The van der Waals surface area contributed by atoms with Gasteiger partial charge >= 0.3 is 0 Å². The van der Waals surface area contributed by atoms with Crippen molar-refractivity contribution in [2.75, 3.05) is 5.32 Å². The van der Waals surface area contributed by atoms with E-state index in [1.807, 2.05) is 24.7 Å². The van der Waals surface area contributed by atoms with Gasteiger partial charge in [-0.3, -0.25) is 4.79 Å². The highest BCUT2D eigenvalue weighted by molar-refractivity contribution is 5.98. The molecule has 2 aliphatic rings. The lowest BCUT2D eigenvalue weighted by atomic mass is 9.68. The summed E-state index contributed by atoms with van der Waals surface area (Å²) >= 11 is 0. The van der Waals surface area contributed by atoms with E-state index in [-0.39, 0.29) is 17.4 Å². The fraction of sp³-hybridized carbons (Fsp3) is 0.643. The Morgan fingerprint density at radius 2 is 2.21 bits per heavy atom. The second kappa shape index (κ2) is 4.09. The van der Waals surface area contributed by atoms with Crippen LogP contribution >= 0.6 is 0 Å². The quantitative estimate of drug-likeness (QED) is 0.840. The summed E-state index contributed by atoms with van der Waals surface area (Å²) in [5.74, 6) is 0.0556. The SMILES string of the molecule is CC(C)n1ncc2c1NC(=O)C(C#N)C21CCCC1. The fourth-order valence-electron chi connectivity index (χ4n) is 3.58. The van der Waals surface area contributed by atoms with Crippen LogP contribution in [0.1, 0.15) is 51.1 Å². The van der Waals surface area contributed by atoms with Crippen molar-refractivity contribution in [3.63, 3.8) is 0 Å². The summed E-state index contributed by atoms with van der Waals surface area (Å²) in [5.41, 5.74) is 0.754. The predicted molar refractivity (Wildman–Crippen MR) is 70.5 cm³/mol. The lowest BCUT2D eigenvalue weighted by Gasteiger charge is -2.37. The highest BCUT2D eigenvalue weighted by Crippen LogP contribution is 2.51. The Bertz CT molecular complexity index is 560. The van der Waals surface area contributed by atoms with Gasteiger partial charge in [0.25, 0.3) is 0 Å². The number of carbonyl (C=O) groups excluding carboxylic acids is 1. The third-order valence-electron chi connectivity index (χ3n) is 4.50. The van der Waals surface area contributed by atoms with Crippen LogP contribution in [0, 0.1) is 17.2 Å². The zero-order chi connectivity index (χ0) is 13.6. The molecule has 0 saturated heterocycles. The molecule has 1 amide bonds. The van der Waals surface area contributed by atoms with Gasteiger partial charge in [-0.2, -0.15) is 10.4 Å². The number of amides is 1. The van der Waals surface area contributed by atoms with Crippen LogP contribution in [0.25, 0.3) is 0 Å². The molecule has 5 heteroatoms. The molecule has 1 unspecified atom stereocenters. The average Bonchev–Trinajstić information content (AvgIpc) is 2.97. The Labute approximate surface area is 112 Å². The molecule has 19 heavy (non-hydrogen) atoms. The number of aromatic nitrogens is 2. The number of fused-ring (bicyclic) bond motifs is 2. The zero-order valence-electron chi connectivity index (χ0n) is 11.3. The topological polar surface area (TPSA) is 70.7 Å². The Morgan fingerprint density at radius 3 is 2.79 bits per heavy atom. The van der Waals surface area contributed by atoms with Crippen molar-refractivity contribution < 1.29 is 4.79 Å². The van der Waals surface area contributed by atoms with Gasteiger partial charge in [-0.1, -0.05) is 12.8 Å². The summed E-state index contributed by atoms with van der Waals surface area (Å²) in [6, 6.07) is 2.41. The molecular weight excluding hydrogens is 240 g/mol. The normalized spacial score (nSPS) is 24.3. The number of nitrogens with one attached hydrogen (secondary N) is 1. The van der Waals surface area contributed by atoms with Crippen LogP contribution in [0.15, 0.2) is 6.20 Å². The lowest BCUT2D eigenvalue weighted by molar-refractivity contribution is -0.120. The fourth-order valence-corrected chi connectivity index (χ4v) is 3.58. The van der Waals surface area contributed by atoms with E-state index in [1.165, 1.54) is 0 Å². The van der Waals surface area contributed by atoms with Crippen molar-refractivity contribution in [3.05, 3.63) is 11.8 Å². The minimum absolute atomic E-state index is 0.167. The van der Waals surface area contributed by atoms with Crippen LogP contribution in [0.4, 0.5) is 5.82 Å². The number of carbonyl (C=O) groups is 1. The van der Waals surface area contributed by atoms with Crippen LogP contribution in [-0.2, 0) is 10.2 Å². The van der Waals surface area contributed by atoms with E-state index in [4.69, 9.17) is 0 Å². The van der Waals surface area contributed by atoms with Crippen molar-refractivity contribution in [2.24, 2.45) is 5.92 Å². The van der Waals surface area contributed by atoms with Gasteiger partial charge in [0.2, 0.25) is 5.91 Å². The number of rotatable bonds is 1. The minimum atomic E-state index is -0.577. The molecule has 0 aromatic carbocycles. The molecule has 1 aromatic heterocycles. The molecule has 1 spiro atoms. The Balaban J connectivity index is 2.19. The van der Waals surface area contributed by atoms with Gasteiger partial charge in [0.15, 0.2) is 0 Å². The van der Waals surface area contributed by atoms with E-state index in [9.17, 15) is 10.1 Å². The van der Waals surface area contributed by atoms with E-state index in [0.29, 0.717) is 0 Å². The summed E-state index contributed by atoms with van der Waals surface area (Å²) in [4.78, 5) is 12.2. The van der Waals surface area contributed by atoms with Gasteiger partial charge in [0.1, 0.15) is 11.7 Å². The van der Waals surface area contributed by atoms with Crippen LogP contribution in [-0.4, -0.2) is 15.7 Å². The van der Waals surface area contributed by atoms with Gasteiger partial charge in [0, 0.05) is 17.0 Å². The molecule has 1 saturated carbocycles. The van der Waals surface area contributed by atoms with Gasteiger partial charge in [-0.15, -0.1) is 0 Å². The smallest absolute Gasteiger partial charge is 0.243 e. The molecule has 0 bridgehead atoms. The minimum Gasteiger partial charge on any atom is -0.309 e. The van der Waals surface area contributed by atoms with Crippen LogP contribution in [0.3, 0.4) is 0 Å². The van der Waals surface area contributed by atoms with Crippen molar-refractivity contribution >= 4 is 11.7 Å². The molecule has 1 aromatic rings. The Hall–Kier alpha value is -1.83. The first-order valence-electron chi connectivity index (χ1n) is 6.88. The van der Waals surface area contributed by atoms with E-state index in [1.54, 1.807) is 0 Å². The molecule has 1 aliphatic carbocycles. The highest BCUT2D eigenvalue weighted by atomic mass is 16.2. The van der Waals surface area contributed by atoms with Crippen LogP contribution in [0.5, 0.6) is 0 Å². The van der Waals surface area contributed by atoms with Gasteiger partial charge < -0.3 is 5.32 Å². The molecule has 0 radical (unpaired) electrons. The molecule has 2 heterocycles. The summed E-state index contributed by atoms with van der Waals surface area (Å²) in [5, 5.41) is 16.7. The van der Waals surface area contributed by atoms with Crippen LogP contribution < -0.4 is 5.32 Å². The molecule has 1 aliphatic heterocycles. The number of hydrogen-bond acceptors (Lipinski definition) is 3. The second-order valence-electron chi connectivity index (χ2n) is 5.86. The van der Waals surface area contributed by atoms with Gasteiger partial charge in [0.05, 0.1) is 12.3 Å². The molecular formula is C14H18N4O. The van der Waals surface area contributed by atoms with Crippen molar-refractivity contribution in [1.29, 1.82) is 5.26 Å². The van der Waals surface area contributed by atoms with Crippen molar-refractivity contribution in [1.82, 2.24) is 9.78 Å². The first-order chi connectivity index (χ1) is 9.10. The maximum atomic E-state index is 12.2. The molecule has 1 atom stereocenters. The van der Waals surface area contributed by atoms with Gasteiger partial charge in [-0.05, 0) is 26.7 Å². The first-order valence-corrected chi connectivity index (χ1v) is 6.88. The van der Waals surface area contributed by atoms with E-state index in [0.717, 1.165) is 37.1 Å². The largest absolute Gasteiger partial charge is 0.309 e. The average molecular weight is 258 g/mol. The van der Waals surface area contributed by atoms with E-state index >= 15 is 0 Å². The Kier molecular flexibility index (Phi) is 2.63. The van der Waals surface area contributed by atoms with Crippen molar-refractivity contribution in [3.8, 4) is 6.07 Å². The summed E-state index contributed by atoms with van der Waals surface area (Å²) in [6.45, 7) is 4.08. The second-order valence-corrected chi connectivity index (χ2v) is 5.86.